The van der Waals surface area contributed by atoms with E-state index in [1.807, 2.05) is 13.8 Å². The Morgan fingerprint density at radius 1 is 1.27 bits per heavy atom. The molecule has 0 fully saturated rings. The van der Waals surface area contributed by atoms with Crippen molar-refractivity contribution in [2.45, 2.75) is 27.7 Å². The molecule has 0 aliphatic heterocycles. The van der Waals surface area contributed by atoms with Gasteiger partial charge in [0.05, 0.1) is 5.41 Å². The molecule has 0 radical (unpaired) electrons. The molecule has 1 aromatic heterocycles. The first-order chi connectivity index (χ1) is 12.1. The lowest BCUT2D eigenvalue weighted by atomic mass is 9.95. The van der Waals surface area contributed by atoms with Gasteiger partial charge in [-0.05, 0) is 38.0 Å². The standard InChI is InChI=1S/C19H23NO6/c1-11(2)9-20-16(21)14-7-12-5-6-13(8-15(12)26-17(14)22)25-10-19(3,4)18(23)24/h5-8,11H,9-10H2,1-4H3,(H,20,21)(H,23,24). The molecule has 0 aliphatic rings. The first-order valence-electron chi connectivity index (χ1n) is 8.32. The maximum absolute atomic E-state index is 12.1. The van der Waals surface area contributed by atoms with Crippen molar-refractivity contribution in [2.75, 3.05) is 13.2 Å². The Morgan fingerprint density at radius 2 is 1.96 bits per heavy atom. The Kier molecular flexibility index (Phi) is 5.69. The summed E-state index contributed by atoms with van der Waals surface area (Å²) in [5, 5.41) is 12.4. The fraction of sp³-hybridized carbons (Fsp3) is 0.421. The number of carboxylic acids is 1. The lowest BCUT2D eigenvalue weighted by molar-refractivity contribution is -0.148. The monoisotopic (exact) mass is 361 g/mol. The number of nitrogens with one attached hydrogen (secondary N) is 1. The third kappa shape index (κ3) is 4.62. The summed E-state index contributed by atoms with van der Waals surface area (Å²) in [5.74, 6) is -0.798. The van der Waals surface area contributed by atoms with Crippen LogP contribution >= 0.6 is 0 Å². The lowest BCUT2D eigenvalue weighted by Crippen LogP contribution is -2.31. The number of benzene rings is 1. The summed E-state index contributed by atoms with van der Waals surface area (Å²) in [6.07, 6.45) is 0. The quantitative estimate of drug-likeness (QED) is 0.735. The van der Waals surface area contributed by atoms with Crippen LogP contribution in [0.5, 0.6) is 5.75 Å². The number of carboxylic acid groups (broad SMARTS) is 1. The van der Waals surface area contributed by atoms with E-state index < -0.39 is 22.9 Å². The maximum Gasteiger partial charge on any atom is 0.349 e. The third-order valence-electron chi connectivity index (χ3n) is 3.80. The summed E-state index contributed by atoms with van der Waals surface area (Å²) in [4.78, 5) is 35.3. The van der Waals surface area contributed by atoms with Gasteiger partial charge in [-0.15, -0.1) is 0 Å². The fourth-order valence-electron chi connectivity index (χ4n) is 2.06. The van der Waals surface area contributed by atoms with Gasteiger partial charge >= 0.3 is 11.6 Å². The molecule has 1 aromatic carbocycles. The van der Waals surface area contributed by atoms with Gasteiger partial charge in [-0.1, -0.05) is 13.8 Å². The SMILES string of the molecule is CC(C)CNC(=O)c1cc2ccc(OCC(C)(C)C(=O)O)cc2oc1=O. The second-order valence-corrected chi connectivity index (χ2v) is 7.23. The van der Waals surface area contributed by atoms with Crippen LogP contribution in [0.2, 0.25) is 0 Å². The highest BCUT2D eigenvalue weighted by Crippen LogP contribution is 2.23. The Labute approximate surface area is 151 Å². The van der Waals surface area contributed by atoms with Crippen LogP contribution in [0.25, 0.3) is 11.0 Å². The highest BCUT2D eigenvalue weighted by Gasteiger charge is 2.28. The van der Waals surface area contributed by atoms with Crippen molar-refractivity contribution in [1.82, 2.24) is 5.32 Å². The molecular weight excluding hydrogens is 338 g/mol. The van der Waals surface area contributed by atoms with Crippen LogP contribution in [0, 0.1) is 11.3 Å². The third-order valence-corrected chi connectivity index (χ3v) is 3.80. The van der Waals surface area contributed by atoms with Crippen LogP contribution in [0.15, 0.2) is 33.5 Å². The molecule has 0 spiro atoms. The van der Waals surface area contributed by atoms with Gasteiger partial charge in [0.15, 0.2) is 0 Å². The molecule has 0 bridgehead atoms. The van der Waals surface area contributed by atoms with Crippen LogP contribution in [0.1, 0.15) is 38.1 Å². The number of ether oxygens (including phenoxy) is 1. The molecule has 2 N–H and O–H groups in total. The zero-order valence-electron chi connectivity index (χ0n) is 15.3. The van der Waals surface area contributed by atoms with Crippen molar-refractivity contribution >= 4 is 22.8 Å². The van der Waals surface area contributed by atoms with Crippen molar-refractivity contribution in [3.05, 3.63) is 40.2 Å². The number of carbonyl (C=O) groups is 2. The number of hydrogen-bond donors (Lipinski definition) is 2. The smallest absolute Gasteiger partial charge is 0.349 e. The van der Waals surface area contributed by atoms with Gasteiger partial charge in [0.2, 0.25) is 0 Å². The van der Waals surface area contributed by atoms with E-state index >= 15 is 0 Å². The minimum absolute atomic E-state index is 0.0340. The molecule has 140 valence electrons. The van der Waals surface area contributed by atoms with E-state index in [0.717, 1.165) is 0 Å². The molecule has 0 unspecified atom stereocenters. The second kappa shape index (κ2) is 7.59. The Balaban J connectivity index is 2.23. The van der Waals surface area contributed by atoms with Crippen LogP contribution in [-0.4, -0.2) is 30.1 Å². The molecule has 7 heteroatoms. The molecule has 0 saturated heterocycles. The van der Waals surface area contributed by atoms with Gasteiger partial charge in [-0.3, -0.25) is 9.59 Å². The summed E-state index contributed by atoms with van der Waals surface area (Å²) in [6, 6.07) is 6.27. The molecule has 26 heavy (non-hydrogen) atoms. The van der Waals surface area contributed by atoms with Crippen molar-refractivity contribution in [3.63, 3.8) is 0 Å². The molecule has 0 saturated carbocycles. The minimum atomic E-state index is -1.05. The predicted molar refractivity (Wildman–Crippen MR) is 96.6 cm³/mol. The number of fused-ring (bicyclic) bond motifs is 1. The normalized spacial score (nSPS) is 11.6. The van der Waals surface area contributed by atoms with Crippen LogP contribution in [-0.2, 0) is 4.79 Å². The van der Waals surface area contributed by atoms with E-state index in [1.54, 1.807) is 26.0 Å². The van der Waals surface area contributed by atoms with E-state index in [0.29, 0.717) is 17.7 Å². The molecule has 0 aliphatic carbocycles. The van der Waals surface area contributed by atoms with Gasteiger partial charge in [-0.2, -0.15) is 0 Å². The van der Waals surface area contributed by atoms with E-state index in [4.69, 9.17) is 14.3 Å². The minimum Gasteiger partial charge on any atom is -0.492 e. The zero-order valence-corrected chi connectivity index (χ0v) is 15.3. The summed E-state index contributed by atoms with van der Waals surface area (Å²) in [6.45, 7) is 7.44. The molecular formula is C19H23NO6. The molecule has 7 nitrogen and oxygen atoms in total. The molecule has 1 amide bonds. The number of hydrogen-bond acceptors (Lipinski definition) is 5. The topological polar surface area (TPSA) is 106 Å². The molecule has 0 atom stereocenters. The van der Waals surface area contributed by atoms with Gasteiger partial charge < -0.3 is 19.6 Å². The predicted octanol–water partition coefficient (Wildman–Crippen LogP) is 2.67. The number of amides is 1. The molecule has 2 aromatic rings. The van der Waals surface area contributed by atoms with E-state index in [9.17, 15) is 14.4 Å². The highest BCUT2D eigenvalue weighted by atomic mass is 16.5. The number of aliphatic carboxylic acids is 1. The van der Waals surface area contributed by atoms with Crippen LogP contribution < -0.4 is 15.7 Å². The Morgan fingerprint density at radius 3 is 2.58 bits per heavy atom. The first kappa shape index (κ1) is 19.5. The lowest BCUT2D eigenvalue weighted by Gasteiger charge is -2.19. The fourth-order valence-corrected chi connectivity index (χ4v) is 2.06. The summed E-state index contributed by atoms with van der Waals surface area (Å²) < 4.78 is 10.7. The largest absolute Gasteiger partial charge is 0.492 e. The van der Waals surface area contributed by atoms with Crippen molar-refractivity contribution < 1.29 is 23.8 Å². The number of carbonyl (C=O) groups excluding carboxylic acids is 1. The van der Waals surface area contributed by atoms with E-state index in [2.05, 4.69) is 5.32 Å². The van der Waals surface area contributed by atoms with Gasteiger partial charge in [0, 0.05) is 18.0 Å². The zero-order chi connectivity index (χ0) is 19.5. The average Bonchev–Trinajstić information content (AvgIpc) is 2.56. The first-order valence-corrected chi connectivity index (χ1v) is 8.32. The van der Waals surface area contributed by atoms with Gasteiger partial charge in [0.1, 0.15) is 23.5 Å². The van der Waals surface area contributed by atoms with Gasteiger partial charge in [0.25, 0.3) is 5.91 Å². The van der Waals surface area contributed by atoms with Crippen molar-refractivity contribution in [1.29, 1.82) is 0 Å². The van der Waals surface area contributed by atoms with Crippen molar-refractivity contribution in [3.8, 4) is 5.75 Å². The van der Waals surface area contributed by atoms with E-state index in [-0.39, 0.29) is 23.7 Å². The van der Waals surface area contributed by atoms with Crippen LogP contribution in [0.4, 0.5) is 0 Å². The maximum atomic E-state index is 12.1. The Bertz CT molecular complexity index is 881. The Hall–Kier alpha value is -2.83. The molecule has 1 heterocycles. The molecule has 2 rings (SSSR count). The summed E-state index contributed by atoms with van der Waals surface area (Å²) in [5.41, 5.74) is -1.57. The highest BCUT2D eigenvalue weighted by molar-refractivity contribution is 5.96. The number of rotatable bonds is 7. The summed E-state index contributed by atoms with van der Waals surface area (Å²) in [7, 11) is 0. The second-order valence-electron chi connectivity index (χ2n) is 7.23. The van der Waals surface area contributed by atoms with E-state index in [1.165, 1.54) is 12.1 Å². The van der Waals surface area contributed by atoms with Crippen LogP contribution in [0.3, 0.4) is 0 Å². The average molecular weight is 361 g/mol. The van der Waals surface area contributed by atoms with Gasteiger partial charge in [-0.25, -0.2) is 4.79 Å². The summed E-state index contributed by atoms with van der Waals surface area (Å²) >= 11 is 0. The van der Waals surface area contributed by atoms with Crippen molar-refractivity contribution in [2.24, 2.45) is 11.3 Å².